The van der Waals surface area contributed by atoms with Gasteiger partial charge in [0.2, 0.25) is 0 Å². The molecule has 1 amide bonds. The molecule has 12 heteroatoms. The van der Waals surface area contributed by atoms with Crippen LogP contribution in [0.4, 0.5) is 4.79 Å². The van der Waals surface area contributed by atoms with Gasteiger partial charge in [-0.05, 0) is 59.9 Å². The molecule has 5 rings (SSSR count). The zero-order chi connectivity index (χ0) is 31.9. The summed E-state index contributed by atoms with van der Waals surface area (Å²) in [7, 11) is 0. The number of ether oxygens (including phenoxy) is 2. The Kier molecular flexibility index (Phi) is 9.36. The maximum absolute atomic E-state index is 11.7. The molecule has 0 saturated heterocycles. The molecule has 0 aliphatic carbocycles. The van der Waals surface area contributed by atoms with Gasteiger partial charge in [-0.15, -0.1) is 5.10 Å². The molecule has 2 N–H and O–H groups in total. The van der Waals surface area contributed by atoms with E-state index in [2.05, 4.69) is 20.6 Å². The highest BCUT2D eigenvalue weighted by Crippen LogP contribution is 2.35. The number of nitrogens with one attached hydrogen (secondary N) is 1. The number of carbonyl (C=O) groups excluding carboxylic acids is 1. The topological polar surface area (TPSA) is 152 Å². The van der Waals surface area contributed by atoms with Crippen molar-refractivity contribution in [1.82, 2.24) is 25.3 Å². The van der Waals surface area contributed by atoms with Gasteiger partial charge in [0.05, 0.1) is 34.6 Å². The number of aromatic nitrogens is 4. The molecule has 0 spiro atoms. The Balaban J connectivity index is 1.36. The molecular formula is C33H27ClN6O5. The number of nitrogens with zero attached hydrogens (tertiary/aromatic N) is 5. The van der Waals surface area contributed by atoms with Crippen molar-refractivity contribution in [3.8, 4) is 34.4 Å². The highest BCUT2D eigenvalue weighted by molar-refractivity contribution is 6.32. The average Bonchev–Trinajstić information content (AvgIpc) is 3.52. The van der Waals surface area contributed by atoms with E-state index in [4.69, 9.17) is 31.4 Å². The summed E-state index contributed by atoms with van der Waals surface area (Å²) in [6.45, 7) is 4.36. The van der Waals surface area contributed by atoms with E-state index in [0.717, 1.165) is 33.5 Å². The number of hydrogen-bond acceptors (Lipinski definition) is 8. The highest BCUT2D eigenvalue weighted by Gasteiger charge is 2.16. The molecule has 0 aliphatic heterocycles. The second kappa shape index (κ2) is 13.7. The first-order valence-corrected chi connectivity index (χ1v) is 14.1. The zero-order valence-electron chi connectivity index (χ0n) is 24.3. The SMILES string of the molecule is Cc1c(COc2cc(OCc3cncc(C#N)c3)c(C=O)cc2Cl)cccc1-c1cccc(-n2cc(CNC(=O)O)nn2)c1C. The first-order valence-electron chi connectivity index (χ1n) is 13.7. The van der Waals surface area contributed by atoms with Gasteiger partial charge in [0.15, 0.2) is 6.29 Å². The number of hydrogen-bond donors (Lipinski definition) is 2. The number of amides is 1. The molecule has 0 fully saturated rings. The molecule has 0 bridgehead atoms. The lowest BCUT2D eigenvalue weighted by atomic mass is 9.93. The van der Waals surface area contributed by atoms with Crippen molar-refractivity contribution in [3.05, 3.63) is 117 Å². The quantitative estimate of drug-likeness (QED) is 0.164. The van der Waals surface area contributed by atoms with Crippen molar-refractivity contribution in [2.45, 2.75) is 33.6 Å². The van der Waals surface area contributed by atoms with Gasteiger partial charge in [-0.2, -0.15) is 5.26 Å². The van der Waals surface area contributed by atoms with E-state index in [1.54, 1.807) is 29.2 Å². The predicted molar refractivity (Wildman–Crippen MR) is 166 cm³/mol. The summed E-state index contributed by atoms with van der Waals surface area (Å²) in [5.41, 5.74) is 7.55. The van der Waals surface area contributed by atoms with E-state index in [1.807, 2.05) is 56.3 Å². The van der Waals surface area contributed by atoms with Gasteiger partial charge in [0.25, 0.3) is 0 Å². The van der Waals surface area contributed by atoms with Gasteiger partial charge < -0.3 is 19.9 Å². The van der Waals surface area contributed by atoms with E-state index in [9.17, 15) is 9.59 Å². The molecule has 3 aromatic carbocycles. The molecule has 0 radical (unpaired) electrons. The summed E-state index contributed by atoms with van der Waals surface area (Å²) in [5, 5.41) is 28.8. The molecule has 45 heavy (non-hydrogen) atoms. The largest absolute Gasteiger partial charge is 0.488 e. The third-order valence-corrected chi connectivity index (χ3v) is 7.44. The summed E-state index contributed by atoms with van der Waals surface area (Å²) >= 11 is 6.47. The second-order valence-corrected chi connectivity index (χ2v) is 10.5. The molecule has 0 unspecified atom stereocenters. The minimum absolute atomic E-state index is 0.0540. The Morgan fingerprint density at radius 1 is 1.04 bits per heavy atom. The molecule has 2 aromatic heterocycles. The lowest BCUT2D eigenvalue weighted by Crippen LogP contribution is -2.20. The van der Waals surface area contributed by atoms with Crippen LogP contribution in [0.2, 0.25) is 5.02 Å². The smallest absolute Gasteiger partial charge is 0.404 e. The molecule has 0 atom stereocenters. The second-order valence-electron chi connectivity index (χ2n) is 10.1. The van der Waals surface area contributed by atoms with Crippen molar-refractivity contribution in [2.75, 3.05) is 0 Å². The minimum Gasteiger partial charge on any atom is -0.488 e. The van der Waals surface area contributed by atoms with Crippen LogP contribution in [-0.4, -0.2) is 37.5 Å². The molecule has 0 saturated carbocycles. The number of halogens is 1. The van der Waals surface area contributed by atoms with Gasteiger partial charge >= 0.3 is 6.09 Å². The summed E-state index contributed by atoms with van der Waals surface area (Å²) in [4.78, 5) is 26.6. The monoisotopic (exact) mass is 622 g/mol. The summed E-state index contributed by atoms with van der Waals surface area (Å²) in [5.74, 6) is 0.642. The fourth-order valence-corrected chi connectivity index (χ4v) is 5.01. The lowest BCUT2D eigenvalue weighted by Gasteiger charge is -2.17. The number of rotatable bonds is 11. The van der Waals surface area contributed by atoms with Crippen LogP contribution in [0.5, 0.6) is 11.5 Å². The summed E-state index contributed by atoms with van der Waals surface area (Å²) in [6, 6.07) is 18.6. The number of carbonyl (C=O) groups is 2. The van der Waals surface area contributed by atoms with Crippen LogP contribution in [0.3, 0.4) is 0 Å². The van der Waals surface area contributed by atoms with Gasteiger partial charge in [0, 0.05) is 24.0 Å². The maximum Gasteiger partial charge on any atom is 0.404 e. The number of pyridine rings is 1. The van der Waals surface area contributed by atoms with Crippen LogP contribution >= 0.6 is 11.6 Å². The highest BCUT2D eigenvalue weighted by atomic mass is 35.5. The van der Waals surface area contributed by atoms with Crippen LogP contribution in [0.25, 0.3) is 16.8 Å². The van der Waals surface area contributed by atoms with E-state index in [-0.39, 0.29) is 30.3 Å². The Hall–Kier alpha value is -5.73. The van der Waals surface area contributed by atoms with E-state index < -0.39 is 6.09 Å². The standard InChI is InChI=1S/C33H27ClN6O5/c1-20-24(19-45-32-11-31(25(17-41)10-29(32)34)44-18-23-9-22(12-35)13-36-14-23)5-3-6-27(20)28-7-4-8-30(21(28)2)40-16-26(38-39-40)15-37-33(42)43/h3-11,13-14,16-17,37H,15,18-19H2,1-2H3,(H,42,43). The van der Waals surface area contributed by atoms with Gasteiger partial charge in [0.1, 0.15) is 36.5 Å². The first kappa shape index (κ1) is 30.7. The van der Waals surface area contributed by atoms with E-state index in [0.29, 0.717) is 34.6 Å². The molecule has 226 valence electrons. The minimum atomic E-state index is -1.13. The van der Waals surface area contributed by atoms with Crippen molar-refractivity contribution >= 4 is 24.0 Å². The molecule has 2 heterocycles. The van der Waals surface area contributed by atoms with Crippen molar-refractivity contribution < 1.29 is 24.2 Å². The van der Waals surface area contributed by atoms with Crippen LogP contribution in [0, 0.1) is 25.2 Å². The van der Waals surface area contributed by atoms with Crippen molar-refractivity contribution in [2.24, 2.45) is 0 Å². The Morgan fingerprint density at radius 3 is 2.56 bits per heavy atom. The number of nitriles is 1. The third-order valence-electron chi connectivity index (χ3n) is 7.14. The fourth-order valence-electron chi connectivity index (χ4n) is 4.78. The van der Waals surface area contributed by atoms with Crippen LogP contribution in [0.15, 0.2) is 73.2 Å². The molecule has 5 aromatic rings. The average molecular weight is 623 g/mol. The van der Waals surface area contributed by atoms with E-state index >= 15 is 0 Å². The molecule has 11 nitrogen and oxygen atoms in total. The Bertz CT molecular complexity index is 1930. The lowest BCUT2D eigenvalue weighted by molar-refractivity contribution is 0.111. The first-order chi connectivity index (χ1) is 21.8. The normalized spacial score (nSPS) is 10.6. The van der Waals surface area contributed by atoms with E-state index in [1.165, 1.54) is 12.3 Å². The summed E-state index contributed by atoms with van der Waals surface area (Å²) < 4.78 is 13.7. The van der Waals surface area contributed by atoms with Gasteiger partial charge in [-0.25, -0.2) is 9.48 Å². The fraction of sp³-hybridized carbons (Fsp3) is 0.152. The van der Waals surface area contributed by atoms with Crippen molar-refractivity contribution in [3.63, 3.8) is 0 Å². The summed E-state index contributed by atoms with van der Waals surface area (Å²) in [6.07, 6.45) is 4.27. The maximum atomic E-state index is 11.7. The van der Waals surface area contributed by atoms with Gasteiger partial charge in [-0.3, -0.25) is 9.78 Å². The number of carboxylic acid groups (broad SMARTS) is 1. The Morgan fingerprint density at radius 2 is 1.80 bits per heavy atom. The molecule has 0 aliphatic rings. The predicted octanol–water partition coefficient (Wildman–Crippen LogP) is 6.21. The molecular weight excluding hydrogens is 596 g/mol. The number of benzene rings is 3. The third kappa shape index (κ3) is 7.09. The van der Waals surface area contributed by atoms with Crippen LogP contribution < -0.4 is 14.8 Å². The van der Waals surface area contributed by atoms with Gasteiger partial charge in [-0.1, -0.05) is 47.1 Å². The van der Waals surface area contributed by atoms with Crippen LogP contribution in [-0.2, 0) is 19.8 Å². The number of aldehydes is 1. The van der Waals surface area contributed by atoms with Crippen molar-refractivity contribution in [1.29, 1.82) is 5.26 Å². The zero-order valence-corrected chi connectivity index (χ0v) is 25.1. The Labute approximate surface area is 263 Å². The van der Waals surface area contributed by atoms with Crippen LogP contribution in [0.1, 0.15) is 43.9 Å².